The third kappa shape index (κ3) is 2.87. The summed E-state index contributed by atoms with van der Waals surface area (Å²) in [6, 6.07) is 0.705. The fourth-order valence-corrected chi connectivity index (χ4v) is 2.35. The van der Waals surface area contributed by atoms with E-state index in [1.54, 1.807) is 17.1 Å². The van der Waals surface area contributed by atoms with Crippen LogP contribution in [0.2, 0.25) is 0 Å². The molecule has 1 saturated heterocycles. The Morgan fingerprint density at radius 1 is 1.44 bits per heavy atom. The van der Waals surface area contributed by atoms with E-state index in [1.165, 1.54) is 0 Å². The van der Waals surface area contributed by atoms with Gasteiger partial charge >= 0.3 is 0 Å². The molecule has 18 heavy (non-hydrogen) atoms. The van der Waals surface area contributed by atoms with E-state index in [-0.39, 0.29) is 12.5 Å². The average Bonchev–Trinajstić information content (AvgIpc) is 2.90. The van der Waals surface area contributed by atoms with Gasteiger partial charge in [0, 0.05) is 31.4 Å². The molecule has 1 aromatic rings. The number of hydrogen-bond donors (Lipinski definition) is 1. The molecule has 6 heteroatoms. The van der Waals surface area contributed by atoms with Gasteiger partial charge in [0.15, 0.2) is 0 Å². The zero-order valence-corrected chi connectivity index (χ0v) is 11.0. The zero-order chi connectivity index (χ0) is 13.0. The third-order valence-electron chi connectivity index (χ3n) is 3.55. The van der Waals surface area contributed by atoms with Gasteiger partial charge in [-0.25, -0.2) is 4.68 Å². The van der Waals surface area contributed by atoms with E-state index in [9.17, 15) is 4.79 Å². The average molecular weight is 251 g/mol. The molecule has 0 saturated carbocycles. The van der Waals surface area contributed by atoms with Crippen molar-refractivity contribution in [1.82, 2.24) is 25.2 Å². The highest BCUT2D eigenvalue weighted by atomic mass is 16.2. The maximum Gasteiger partial charge on any atom is 0.244 e. The van der Waals surface area contributed by atoms with E-state index >= 15 is 0 Å². The molecule has 1 amide bonds. The number of carbonyl (C=O) groups is 1. The monoisotopic (exact) mass is 251 g/mol. The molecule has 0 spiro atoms. The molecule has 1 aromatic heterocycles. The van der Waals surface area contributed by atoms with Crippen LogP contribution in [0.25, 0.3) is 0 Å². The van der Waals surface area contributed by atoms with E-state index in [4.69, 9.17) is 0 Å². The predicted molar refractivity (Wildman–Crippen MR) is 67.9 cm³/mol. The number of aromatic nitrogens is 3. The second-order valence-electron chi connectivity index (χ2n) is 4.72. The Labute approximate surface area is 107 Å². The van der Waals surface area contributed by atoms with Crippen LogP contribution >= 0.6 is 0 Å². The molecule has 0 bridgehead atoms. The number of rotatable bonds is 4. The van der Waals surface area contributed by atoms with Crippen molar-refractivity contribution in [1.29, 1.82) is 0 Å². The largest absolute Gasteiger partial charge is 0.335 e. The van der Waals surface area contributed by atoms with Gasteiger partial charge in [-0.3, -0.25) is 4.79 Å². The van der Waals surface area contributed by atoms with Crippen LogP contribution in [0, 0.1) is 0 Å². The van der Waals surface area contributed by atoms with Gasteiger partial charge in [-0.1, -0.05) is 19.1 Å². The second-order valence-corrected chi connectivity index (χ2v) is 4.72. The van der Waals surface area contributed by atoms with Gasteiger partial charge in [0.2, 0.25) is 5.91 Å². The minimum atomic E-state index is 0.132. The van der Waals surface area contributed by atoms with Crippen LogP contribution in [-0.4, -0.2) is 51.0 Å². The molecule has 0 radical (unpaired) electrons. The minimum Gasteiger partial charge on any atom is -0.335 e. The van der Waals surface area contributed by atoms with Crippen molar-refractivity contribution in [3.8, 4) is 0 Å². The summed E-state index contributed by atoms with van der Waals surface area (Å²) in [7, 11) is 0. The Bertz CT molecular complexity index is 378. The molecule has 100 valence electrons. The first-order valence-electron chi connectivity index (χ1n) is 6.61. The van der Waals surface area contributed by atoms with Gasteiger partial charge in [-0.2, -0.15) is 0 Å². The van der Waals surface area contributed by atoms with E-state index in [0.29, 0.717) is 12.1 Å². The Balaban J connectivity index is 2.00. The maximum absolute atomic E-state index is 12.3. The number of piperazine rings is 1. The highest BCUT2D eigenvalue weighted by Gasteiger charge is 2.29. The van der Waals surface area contributed by atoms with Gasteiger partial charge in [-0.05, 0) is 12.8 Å². The summed E-state index contributed by atoms with van der Waals surface area (Å²) in [5.41, 5.74) is 0. The zero-order valence-electron chi connectivity index (χ0n) is 11.0. The Morgan fingerprint density at radius 2 is 2.28 bits per heavy atom. The Hall–Kier alpha value is -1.43. The van der Waals surface area contributed by atoms with Gasteiger partial charge in [0.25, 0.3) is 0 Å². The SMILES string of the molecule is CCC1CN(C(=O)Cn2ccnn2)C(CC)CN1. The van der Waals surface area contributed by atoms with Crippen LogP contribution in [0.1, 0.15) is 26.7 Å². The molecule has 6 nitrogen and oxygen atoms in total. The van der Waals surface area contributed by atoms with Crippen molar-refractivity contribution in [3.63, 3.8) is 0 Å². The van der Waals surface area contributed by atoms with Crippen LogP contribution < -0.4 is 5.32 Å². The van der Waals surface area contributed by atoms with E-state index in [1.807, 2.05) is 4.90 Å². The molecule has 2 rings (SSSR count). The number of amides is 1. The summed E-state index contributed by atoms with van der Waals surface area (Å²) in [6.45, 7) is 6.23. The molecule has 1 aliphatic heterocycles. The lowest BCUT2D eigenvalue weighted by Crippen LogP contribution is -2.58. The molecular formula is C12H21N5O. The first-order valence-corrected chi connectivity index (χ1v) is 6.61. The Kier molecular flexibility index (Phi) is 4.30. The predicted octanol–water partition coefficient (Wildman–Crippen LogP) is 0.267. The summed E-state index contributed by atoms with van der Waals surface area (Å²) in [6.07, 6.45) is 5.34. The topological polar surface area (TPSA) is 63.1 Å². The normalized spacial score (nSPS) is 24.2. The van der Waals surface area contributed by atoms with Crippen LogP contribution in [-0.2, 0) is 11.3 Å². The lowest BCUT2D eigenvalue weighted by molar-refractivity contribution is -0.136. The Morgan fingerprint density at radius 3 is 2.89 bits per heavy atom. The van der Waals surface area contributed by atoms with Crippen LogP contribution in [0.3, 0.4) is 0 Å². The van der Waals surface area contributed by atoms with Crippen molar-refractivity contribution < 1.29 is 4.79 Å². The lowest BCUT2D eigenvalue weighted by atomic mass is 10.1. The number of nitrogens with one attached hydrogen (secondary N) is 1. The fourth-order valence-electron chi connectivity index (χ4n) is 2.35. The summed E-state index contributed by atoms with van der Waals surface area (Å²) in [4.78, 5) is 14.3. The first-order chi connectivity index (χ1) is 8.74. The van der Waals surface area contributed by atoms with Crippen molar-refractivity contribution in [2.24, 2.45) is 0 Å². The molecule has 0 aliphatic carbocycles. The smallest absolute Gasteiger partial charge is 0.244 e. The molecule has 2 heterocycles. The standard InChI is InChI=1S/C12H21N5O/c1-3-10-8-17(11(4-2)7-13-10)12(18)9-16-6-5-14-15-16/h5-6,10-11,13H,3-4,7-9H2,1-2H3. The summed E-state index contributed by atoms with van der Waals surface area (Å²) >= 11 is 0. The number of carbonyl (C=O) groups excluding carboxylic acids is 1. The van der Waals surface area contributed by atoms with Crippen molar-refractivity contribution in [2.75, 3.05) is 13.1 Å². The highest BCUT2D eigenvalue weighted by molar-refractivity contribution is 5.76. The lowest BCUT2D eigenvalue weighted by Gasteiger charge is -2.40. The van der Waals surface area contributed by atoms with Gasteiger partial charge in [0.05, 0.1) is 6.20 Å². The van der Waals surface area contributed by atoms with Gasteiger partial charge in [0.1, 0.15) is 6.54 Å². The summed E-state index contributed by atoms with van der Waals surface area (Å²) in [5, 5.41) is 11.1. The fraction of sp³-hybridized carbons (Fsp3) is 0.750. The molecule has 0 aromatic carbocycles. The molecule has 1 fully saturated rings. The van der Waals surface area contributed by atoms with Crippen molar-refractivity contribution in [3.05, 3.63) is 12.4 Å². The molecule has 1 N–H and O–H groups in total. The number of nitrogens with zero attached hydrogens (tertiary/aromatic N) is 4. The van der Waals surface area contributed by atoms with E-state index < -0.39 is 0 Å². The molecule has 1 aliphatic rings. The molecule has 2 unspecified atom stereocenters. The highest BCUT2D eigenvalue weighted by Crippen LogP contribution is 2.12. The third-order valence-corrected chi connectivity index (χ3v) is 3.55. The molecule has 2 atom stereocenters. The van der Waals surface area contributed by atoms with E-state index in [2.05, 4.69) is 29.5 Å². The van der Waals surface area contributed by atoms with Crippen molar-refractivity contribution >= 4 is 5.91 Å². The minimum absolute atomic E-state index is 0.132. The maximum atomic E-state index is 12.3. The number of hydrogen-bond acceptors (Lipinski definition) is 4. The van der Waals surface area contributed by atoms with E-state index in [0.717, 1.165) is 25.9 Å². The van der Waals surface area contributed by atoms with Crippen LogP contribution in [0.4, 0.5) is 0 Å². The quantitative estimate of drug-likeness (QED) is 0.834. The van der Waals surface area contributed by atoms with Crippen molar-refractivity contribution in [2.45, 2.75) is 45.3 Å². The second kappa shape index (κ2) is 5.95. The van der Waals surface area contributed by atoms with Gasteiger partial charge in [-0.15, -0.1) is 5.10 Å². The summed E-state index contributed by atoms with van der Waals surface area (Å²) < 4.78 is 1.58. The summed E-state index contributed by atoms with van der Waals surface area (Å²) in [5.74, 6) is 0.132. The first kappa shape index (κ1) is 13.0. The van der Waals surface area contributed by atoms with Crippen LogP contribution in [0.5, 0.6) is 0 Å². The van der Waals surface area contributed by atoms with Crippen LogP contribution in [0.15, 0.2) is 12.4 Å². The van der Waals surface area contributed by atoms with Gasteiger partial charge < -0.3 is 10.2 Å². The molecular weight excluding hydrogens is 230 g/mol.